The highest BCUT2D eigenvalue weighted by Gasteiger charge is 2.36. The first-order valence-corrected chi connectivity index (χ1v) is 12.7. The van der Waals surface area contributed by atoms with E-state index < -0.39 is 5.91 Å². The van der Waals surface area contributed by atoms with Gasteiger partial charge in [0.25, 0.3) is 5.91 Å². The van der Waals surface area contributed by atoms with Gasteiger partial charge in [-0.25, -0.2) is 0 Å². The van der Waals surface area contributed by atoms with Crippen LogP contribution in [0.2, 0.25) is 0 Å². The lowest BCUT2D eigenvalue weighted by Gasteiger charge is -2.26. The van der Waals surface area contributed by atoms with E-state index in [9.17, 15) is 4.79 Å². The number of amides is 1. The van der Waals surface area contributed by atoms with E-state index in [0.717, 1.165) is 40.5 Å². The van der Waals surface area contributed by atoms with Crippen molar-refractivity contribution < 1.29 is 19.0 Å². The monoisotopic (exact) mass is 511 g/mol. The number of thioether (sulfide) groups is 1. The van der Waals surface area contributed by atoms with Crippen LogP contribution in [0.15, 0.2) is 94.8 Å². The van der Waals surface area contributed by atoms with E-state index in [-0.39, 0.29) is 11.4 Å². The van der Waals surface area contributed by atoms with Gasteiger partial charge in [-0.05, 0) is 53.6 Å². The van der Waals surface area contributed by atoms with Gasteiger partial charge in [0.05, 0.1) is 31.6 Å². The van der Waals surface area contributed by atoms with E-state index >= 15 is 0 Å². The predicted molar refractivity (Wildman–Crippen MR) is 147 cm³/mol. The van der Waals surface area contributed by atoms with Crippen molar-refractivity contribution in [2.24, 2.45) is 4.99 Å². The van der Waals surface area contributed by atoms with E-state index in [1.165, 1.54) is 11.8 Å². The minimum Gasteiger partial charge on any atom is -0.497 e. The van der Waals surface area contributed by atoms with Crippen molar-refractivity contribution in [3.05, 3.63) is 101 Å². The van der Waals surface area contributed by atoms with Crippen molar-refractivity contribution in [3.63, 3.8) is 0 Å². The second-order valence-electron chi connectivity index (χ2n) is 8.22. The second kappa shape index (κ2) is 11.2. The molecule has 0 unspecified atom stereocenters. The molecule has 8 heteroatoms. The summed E-state index contributed by atoms with van der Waals surface area (Å²) < 4.78 is 16.7. The smallest absolute Gasteiger partial charge is 0.283 e. The SMILES string of the molecule is COc1ccc(OCCCOc2ccc(/C=C3/C(=N)N4C(c5ccccc5)=CSC4=NC3=O)cc2)cc1. The molecule has 3 aromatic rings. The molecule has 7 nitrogen and oxygen atoms in total. The quantitative estimate of drug-likeness (QED) is 0.287. The number of benzene rings is 3. The normalized spacial score (nSPS) is 15.8. The van der Waals surface area contributed by atoms with Gasteiger partial charge in [0, 0.05) is 11.8 Å². The highest BCUT2D eigenvalue weighted by Crippen LogP contribution is 2.37. The summed E-state index contributed by atoms with van der Waals surface area (Å²) in [5.41, 5.74) is 2.85. The third kappa shape index (κ3) is 5.59. The Morgan fingerprint density at radius 1 is 0.892 bits per heavy atom. The van der Waals surface area contributed by atoms with Crippen LogP contribution in [0, 0.1) is 5.41 Å². The number of aliphatic imine (C=N–C) groups is 1. The zero-order valence-corrected chi connectivity index (χ0v) is 21.0. The van der Waals surface area contributed by atoms with Gasteiger partial charge < -0.3 is 14.2 Å². The number of hydrogen-bond acceptors (Lipinski definition) is 6. The largest absolute Gasteiger partial charge is 0.497 e. The molecule has 186 valence electrons. The minimum atomic E-state index is -0.413. The van der Waals surface area contributed by atoms with Crippen LogP contribution in [0.25, 0.3) is 11.8 Å². The van der Waals surface area contributed by atoms with Crippen LogP contribution >= 0.6 is 11.8 Å². The fourth-order valence-electron chi connectivity index (χ4n) is 3.85. The Labute approximate surface area is 219 Å². The molecule has 0 radical (unpaired) electrons. The third-order valence-electron chi connectivity index (χ3n) is 5.76. The molecule has 0 aromatic heterocycles. The number of amidine groups is 2. The zero-order valence-electron chi connectivity index (χ0n) is 20.2. The van der Waals surface area contributed by atoms with Crippen molar-refractivity contribution in [2.45, 2.75) is 6.42 Å². The molecule has 3 aromatic carbocycles. The van der Waals surface area contributed by atoms with Crippen LogP contribution in [0.1, 0.15) is 17.5 Å². The Bertz CT molecular complexity index is 1380. The summed E-state index contributed by atoms with van der Waals surface area (Å²) in [5, 5.41) is 11.2. The van der Waals surface area contributed by atoms with Crippen LogP contribution in [-0.4, -0.2) is 42.1 Å². The summed E-state index contributed by atoms with van der Waals surface area (Å²) in [5.74, 6) is 2.01. The van der Waals surface area contributed by atoms with Gasteiger partial charge in [-0.15, -0.1) is 0 Å². The molecule has 2 aliphatic rings. The molecule has 0 atom stereocenters. The first kappa shape index (κ1) is 24.4. The van der Waals surface area contributed by atoms with Gasteiger partial charge in [-0.1, -0.05) is 54.2 Å². The molecule has 1 amide bonds. The predicted octanol–water partition coefficient (Wildman–Crippen LogP) is 5.85. The van der Waals surface area contributed by atoms with Crippen LogP contribution in [0.4, 0.5) is 0 Å². The topological polar surface area (TPSA) is 84.2 Å². The Morgan fingerprint density at radius 3 is 2.16 bits per heavy atom. The Hall–Kier alpha value is -4.30. The molecule has 0 bridgehead atoms. The molecule has 0 saturated heterocycles. The van der Waals surface area contributed by atoms with Crippen molar-refractivity contribution in [2.75, 3.05) is 20.3 Å². The average Bonchev–Trinajstić information content (AvgIpc) is 3.36. The number of fused-ring (bicyclic) bond motifs is 1. The Kier molecular flexibility index (Phi) is 7.37. The molecular formula is C29H25N3O4S. The number of ether oxygens (including phenoxy) is 3. The standard InChI is InChI=1S/C29H25N3O4S/c1-34-22-12-14-24(15-13-22)36-17-5-16-35-23-10-8-20(9-11-23)18-25-27(30)32-26(21-6-3-2-4-7-21)19-37-29(32)31-28(25)33/h2-4,6-15,18-19,30H,5,16-17H2,1H3/b25-18-,30-27?. The summed E-state index contributed by atoms with van der Waals surface area (Å²) in [6, 6.07) is 24.7. The van der Waals surface area contributed by atoms with Crippen molar-refractivity contribution >= 4 is 40.4 Å². The number of rotatable bonds is 9. The minimum absolute atomic E-state index is 0.118. The zero-order chi connectivity index (χ0) is 25.6. The molecule has 0 saturated carbocycles. The van der Waals surface area contributed by atoms with Gasteiger partial charge in [-0.3, -0.25) is 15.1 Å². The summed E-state index contributed by atoms with van der Waals surface area (Å²) in [4.78, 5) is 18.6. The number of hydrogen-bond donors (Lipinski definition) is 1. The average molecular weight is 512 g/mol. The molecule has 0 fully saturated rings. The van der Waals surface area contributed by atoms with Gasteiger partial charge >= 0.3 is 0 Å². The molecule has 2 heterocycles. The Balaban J connectivity index is 1.17. The maximum absolute atomic E-state index is 12.7. The third-order valence-corrected chi connectivity index (χ3v) is 6.59. The molecule has 37 heavy (non-hydrogen) atoms. The maximum Gasteiger partial charge on any atom is 0.283 e. The van der Waals surface area contributed by atoms with Crippen LogP contribution in [-0.2, 0) is 4.79 Å². The summed E-state index contributed by atoms with van der Waals surface area (Å²) in [7, 11) is 1.63. The van der Waals surface area contributed by atoms with Gasteiger partial charge in [-0.2, -0.15) is 4.99 Å². The van der Waals surface area contributed by atoms with E-state index in [1.54, 1.807) is 18.1 Å². The second-order valence-corrected chi connectivity index (χ2v) is 9.06. The van der Waals surface area contributed by atoms with Gasteiger partial charge in [0.1, 0.15) is 23.1 Å². The fourth-order valence-corrected chi connectivity index (χ4v) is 4.74. The number of carbonyl (C=O) groups is 1. The van der Waals surface area contributed by atoms with E-state index in [2.05, 4.69) is 4.99 Å². The molecule has 1 N–H and O–H groups in total. The molecular weight excluding hydrogens is 486 g/mol. The van der Waals surface area contributed by atoms with Crippen LogP contribution < -0.4 is 14.2 Å². The van der Waals surface area contributed by atoms with Crippen LogP contribution in [0.3, 0.4) is 0 Å². The molecule has 0 spiro atoms. The number of nitrogens with one attached hydrogen (secondary N) is 1. The number of methoxy groups -OCH3 is 1. The number of nitrogens with zero attached hydrogens (tertiary/aromatic N) is 2. The molecule has 5 rings (SSSR count). The van der Waals surface area contributed by atoms with E-state index in [0.29, 0.717) is 18.4 Å². The Morgan fingerprint density at radius 2 is 1.51 bits per heavy atom. The maximum atomic E-state index is 12.7. The lowest BCUT2D eigenvalue weighted by Crippen LogP contribution is -2.38. The fraction of sp³-hybridized carbons (Fsp3) is 0.138. The van der Waals surface area contributed by atoms with Crippen molar-refractivity contribution in [1.29, 1.82) is 5.41 Å². The first-order valence-electron chi connectivity index (χ1n) is 11.8. The molecule has 0 aliphatic carbocycles. The lowest BCUT2D eigenvalue weighted by molar-refractivity contribution is -0.114. The van der Waals surface area contributed by atoms with E-state index in [1.807, 2.05) is 84.3 Å². The highest BCUT2D eigenvalue weighted by molar-refractivity contribution is 8.17. The summed E-state index contributed by atoms with van der Waals surface area (Å²) >= 11 is 1.35. The highest BCUT2D eigenvalue weighted by atomic mass is 32.2. The van der Waals surface area contributed by atoms with Crippen molar-refractivity contribution in [3.8, 4) is 17.2 Å². The summed E-state index contributed by atoms with van der Waals surface area (Å²) in [6.07, 6.45) is 2.43. The van der Waals surface area contributed by atoms with Gasteiger partial charge in [0.2, 0.25) is 0 Å². The summed E-state index contributed by atoms with van der Waals surface area (Å²) in [6.45, 7) is 1.05. The first-order chi connectivity index (χ1) is 18.1. The van der Waals surface area contributed by atoms with Crippen LogP contribution in [0.5, 0.6) is 17.2 Å². The lowest BCUT2D eigenvalue weighted by atomic mass is 10.1. The number of carbonyl (C=O) groups excluding carboxylic acids is 1. The van der Waals surface area contributed by atoms with Gasteiger partial charge in [0.15, 0.2) is 5.17 Å². The van der Waals surface area contributed by atoms with Crippen molar-refractivity contribution in [1.82, 2.24) is 4.90 Å². The molecule has 2 aliphatic heterocycles. The van der Waals surface area contributed by atoms with E-state index in [4.69, 9.17) is 19.6 Å².